The number of aliphatic hydroxyl groups is 1. The van der Waals surface area contributed by atoms with E-state index in [0.29, 0.717) is 37.8 Å². The van der Waals surface area contributed by atoms with E-state index >= 15 is 0 Å². The SMILES string of the molecule is O=C(CN1CCC[C@H](O)C1)N1CCOc2ccc(Cl)cc2C1. The van der Waals surface area contributed by atoms with Gasteiger partial charge in [0.25, 0.3) is 0 Å². The van der Waals surface area contributed by atoms with Crippen LogP contribution < -0.4 is 4.74 Å². The van der Waals surface area contributed by atoms with Crippen molar-refractivity contribution in [1.29, 1.82) is 0 Å². The number of ether oxygens (including phenoxy) is 1. The van der Waals surface area contributed by atoms with E-state index in [1.807, 2.05) is 21.9 Å². The number of rotatable bonds is 2. The zero-order chi connectivity index (χ0) is 15.5. The Morgan fingerprint density at radius 1 is 1.41 bits per heavy atom. The molecule has 2 aliphatic heterocycles. The third-order valence-corrected chi connectivity index (χ3v) is 4.43. The molecule has 0 radical (unpaired) electrons. The molecule has 0 bridgehead atoms. The molecule has 2 aliphatic rings. The Morgan fingerprint density at radius 2 is 2.27 bits per heavy atom. The predicted octanol–water partition coefficient (Wildman–Crippen LogP) is 1.52. The van der Waals surface area contributed by atoms with Gasteiger partial charge < -0.3 is 14.7 Å². The molecule has 1 saturated heterocycles. The van der Waals surface area contributed by atoms with Crippen LogP contribution in [0.4, 0.5) is 0 Å². The van der Waals surface area contributed by atoms with Gasteiger partial charge in [0, 0.05) is 23.7 Å². The van der Waals surface area contributed by atoms with Crippen LogP contribution in [0, 0.1) is 0 Å². The molecule has 5 nitrogen and oxygen atoms in total. The molecule has 3 rings (SSSR count). The van der Waals surface area contributed by atoms with Crippen LogP contribution in [0.25, 0.3) is 0 Å². The number of β-amino-alcohol motifs (C(OH)–C–C–N with tert-alkyl or cyclic N) is 1. The zero-order valence-corrected chi connectivity index (χ0v) is 13.3. The summed E-state index contributed by atoms with van der Waals surface area (Å²) in [6, 6.07) is 5.51. The summed E-state index contributed by atoms with van der Waals surface area (Å²) in [5.41, 5.74) is 0.942. The first kappa shape index (κ1) is 15.6. The highest BCUT2D eigenvalue weighted by Gasteiger charge is 2.24. The molecule has 1 atom stereocenters. The van der Waals surface area contributed by atoms with Crippen molar-refractivity contribution in [3.05, 3.63) is 28.8 Å². The Hall–Kier alpha value is -1.30. The summed E-state index contributed by atoms with van der Waals surface area (Å²) in [5.74, 6) is 0.874. The first-order valence-corrected chi connectivity index (χ1v) is 8.09. The van der Waals surface area contributed by atoms with Crippen LogP contribution >= 0.6 is 11.6 Å². The lowest BCUT2D eigenvalue weighted by Crippen LogP contribution is -2.45. The minimum absolute atomic E-state index is 0.0746. The van der Waals surface area contributed by atoms with E-state index in [9.17, 15) is 9.90 Å². The van der Waals surface area contributed by atoms with Gasteiger partial charge in [0.15, 0.2) is 0 Å². The summed E-state index contributed by atoms with van der Waals surface area (Å²) in [7, 11) is 0. The van der Waals surface area contributed by atoms with Crippen molar-refractivity contribution in [2.75, 3.05) is 32.8 Å². The number of benzene rings is 1. The quantitative estimate of drug-likeness (QED) is 0.896. The molecule has 1 aromatic carbocycles. The fourth-order valence-corrected chi connectivity index (χ4v) is 3.24. The number of hydrogen-bond donors (Lipinski definition) is 1. The van der Waals surface area contributed by atoms with Crippen molar-refractivity contribution in [2.45, 2.75) is 25.5 Å². The zero-order valence-electron chi connectivity index (χ0n) is 12.5. The molecule has 0 saturated carbocycles. The van der Waals surface area contributed by atoms with Crippen molar-refractivity contribution < 1.29 is 14.6 Å². The molecule has 22 heavy (non-hydrogen) atoms. The molecule has 1 amide bonds. The van der Waals surface area contributed by atoms with Crippen molar-refractivity contribution in [3.63, 3.8) is 0 Å². The highest BCUT2D eigenvalue weighted by atomic mass is 35.5. The summed E-state index contributed by atoms with van der Waals surface area (Å²) in [5, 5.41) is 10.4. The average Bonchev–Trinajstić information content (AvgIpc) is 2.69. The van der Waals surface area contributed by atoms with Crippen LogP contribution in [-0.2, 0) is 11.3 Å². The Bertz CT molecular complexity index is 552. The van der Waals surface area contributed by atoms with Gasteiger partial charge in [-0.1, -0.05) is 11.6 Å². The average molecular weight is 325 g/mol. The van der Waals surface area contributed by atoms with Gasteiger partial charge in [-0.25, -0.2) is 0 Å². The van der Waals surface area contributed by atoms with E-state index in [1.54, 1.807) is 6.07 Å². The smallest absolute Gasteiger partial charge is 0.237 e. The minimum atomic E-state index is -0.312. The first-order chi connectivity index (χ1) is 10.6. The van der Waals surface area contributed by atoms with E-state index in [-0.39, 0.29) is 12.0 Å². The van der Waals surface area contributed by atoms with E-state index in [2.05, 4.69) is 0 Å². The molecule has 0 spiro atoms. The van der Waals surface area contributed by atoms with Gasteiger partial charge in [-0.05, 0) is 37.6 Å². The number of carbonyl (C=O) groups excluding carboxylic acids is 1. The predicted molar refractivity (Wildman–Crippen MR) is 84.0 cm³/mol. The van der Waals surface area contributed by atoms with E-state index < -0.39 is 0 Å². The summed E-state index contributed by atoms with van der Waals surface area (Å²) in [4.78, 5) is 16.4. The Kier molecular flexibility index (Phi) is 4.86. The van der Waals surface area contributed by atoms with Crippen molar-refractivity contribution >= 4 is 17.5 Å². The second-order valence-corrected chi connectivity index (χ2v) is 6.38. The van der Waals surface area contributed by atoms with Crippen LogP contribution in [0.2, 0.25) is 5.02 Å². The number of nitrogens with zero attached hydrogens (tertiary/aromatic N) is 2. The lowest BCUT2D eigenvalue weighted by molar-refractivity contribution is -0.133. The van der Waals surface area contributed by atoms with Gasteiger partial charge in [0.1, 0.15) is 12.4 Å². The second kappa shape index (κ2) is 6.86. The Morgan fingerprint density at radius 3 is 3.09 bits per heavy atom. The maximum Gasteiger partial charge on any atom is 0.237 e. The number of hydrogen-bond acceptors (Lipinski definition) is 4. The van der Waals surface area contributed by atoms with Gasteiger partial charge in [-0.3, -0.25) is 9.69 Å². The van der Waals surface area contributed by atoms with Crippen molar-refractivity contribution in [2.24, 2.45) is 0 Å². The van der Waals surface area contributed by atoms with E-state index in [4.69, 9.17) is 16.3 Å². The fourth-order valence-electron chi connectivity index (χ4n) is 3.04. The summed E-state index contributed by atoms with van der Waals surface area (Å²) in [6.45, 7) is 3.39. The van der Waals surface area contributed by atoms with Crippen LogP contribution in [-0.4, -0.2) is 59.7 Å². The normalized spacial score (nSPS) is 22.6. The lowest BCUT2D eigenvalue weighted by atomic mass is 10.1. The van der Waals surface area contributed by atoms with Crippen molar-refractivity contribution in [1.82, 2.24) is 9.80 Å². The van der Waals surface area contributed by atoms with Gasteiger partial charge in [-0.2, -0.15) is 0 Å². The highest BCUT2D eigenvalue weighted by Crippen LogP contribution is 2.26. The van der Waals surface area contributed by atoms with Crippen molar-refractivity contribution in [3.8, 4) is 5.75 Å². The first-order valence-electron chi connectivity index (χ1n) is 7.71. The molecule has 1 fully saturated rings. The standard InChI is InChI=1S/C16H21ClN2O3/c17-13-3-4-15-12(8-13)9-19(6-7-22-15)16(21)11-18-5-1-2-14(20)10-18/h3-4,8,14,20H,1-2,5-7,9-11H2/t14-/m0/s1. The Labute approximate surface area is 135 Å². The molecule has 6 heteroatoms. The third-order valence-electron chi connectivity index (χ3n) is 4.19. The number of halogens is 1. The molecule has 120 valence electrons. The molecule has 1 N–H and O–H groups in total. The van der Waals surface area contributed by atoms with Crippen LogP contribution in [0.5, 0.6) is 5.75 Å². The minimum Gasteiger partial charge on any atom is -0.491 e. The third kappa shape index (κ3) is 3.72. The number of fused-ring (bicyclic) bond motifs is 1. The lowest BCUT2D eigenvalue weighted by Gasteiger charge is -2.31. The molecule has 0 aliphatic carbocycles. The maximum atomic E-state index is 12.5. The number of piperidine rings is 1. The van der Waals surface area contributed by atoms with Gasteiger partial charge in [0.05, 0.1) is 19.2 Å². The molecular weight excluding hydrogens is 304 g/mol. The number of aliphatic hydroxyl groups excluding tert-OH is 1. The van der Waals surface area contributed by atoms with Gasteiger partial charge in [0.2, 0.25) is 5.91 Å². The second-order valence-electron chi connectivity index (χ2n) is 5.95. The van der Waals surface area contributed by atoms with E-state index in [0.717, 1.165) is 30.7 Å². The summed E-state index contributed by atoms with van der Waals surface area (Å²) in [6.07, 6.45) is 1.46. The highest BCUT2D eigenvalue weighted by molar-refractivity contribution is 6.30. The number of carbonyl (C=O) groups is 1. The fraction of sp³-hybridized carbons (Fsp3) is 0.562. The monoisotopic (exact) mass is 324 g/mol. The maximum absolute atomic E-state index is 12.5. The molecule has 0 aromatic heterocycles. The van der Waals surface area contributed by atoms with E-state index in [1.165, 1.54) is 0 Å². The van der Waals surface area contributed by atoms with Crippen LogP contribution in [0.15, 0.2) is 18.2 Å². The largest absolute Gasteiger partial charge is 0.491 e. The molecule has 0 unspecified atom stereocenters. The molecule has 1 aromatic rings. The van der Waals surface area contributed by atoms with Crippen LogP contribution in [0.3, 0.4) is 0 Å². The number of amides is 1. The number of likely N-dealkylation sites (tertiary alicyclic amines) is 1. The molecular formula is C16H21ClN2O3. The summed E-state index contributed by atoms with van der Waals surface area (Å²) < 4.78 is 5.68. The van der Waals surface area contributed by atoms with Gasteiger partial charge in [-0.15, -0.1) is 0 Å². The topological polar surface area (TPSA) is 53.0 Å². The summed E-state index contributed by atoms with van der Waals surface area (Å²) >= 11 is 6.03. The molecule has 2 heterocycles. The van der Waals surface area contributed by atoms with Gasteiger partial charge >= 0.3 is 0 Å². The Balaban J connectivity index is 1.65. The van der Waals surface area contributed by atoms with Crippen LogP contribution in [0.1, 0.15) is 18.4 Å².